The van der Waals surface area contributed by atoms with Crippen LogP contribution in [0.5, 0.6) is 0 Å². The molecule has 1 saturated heterocycles. The van der Waals surface area contributed by atoms with Crippen LogP contribution in [0, 0.1) is 5.92 Å². The van der Waals surface area contributed by atoms with Crippen LogP contribution in [0.25, 0.3) is 0 Å². The summed E-state index contributed by atoms with van der Waals surface area (Å²) in [6.07, 6.45) is 8.56. The number of hydrogen-bond acceptors (Lipinski definition) is 3. The van der Waals surface area contributed by atoms with Gasteiger partial charge in [0.05, 0.1) is 11.3 Å². The second kappa shape index (κ2) is 9.12. The summed E-state index contributed by atoms with van der Waals surface area (Å²) in [5.41, 5.74) is 1.25. The van der Waals surface area contributed by atoms with Crippen molar-refractivity contribution in [1.29, 1.82) is 0 Å². The number of piperidine rings is 1. The maximum absolute atomic E-state index is 12.8. The molecule has 6 heteroatoms. The van der Waals surface area contributed by atoms with Crippen molar-refractivity contribution in [1.82, 2.24) is 10.2 Å². The lowest BCUT2D eigenvalue weighted by atomic mass is 9.89. The summed E-state index contributed by atoms with van der Waals surface area (Å²) in [7, 11) is 0. The van der Waals surface area contributed by atoms with Crippen molar-refractivity contribution in [2.45, 2.75) is 51.4 Å². The van der Waals surface area contributed by atoms with Crippen LogP contribution < -0.4 is 10.6 Å². The van der Waals surface area contributed by atoms with Gasteiger partial charge in [0.25, 0.3) is 5.91 Å². The molecule has 140 valence electrons. The van der Waals surface area contributed by atoms with Crippen LogP contribution in [0.3, 0.4) is 0 Å². The van der Waals surface area contributed by atoms with Gasteiger partial charge in [-0.3, -0.25) is 9.59 Å². The first-order chi connectivity index (χ1) is 12.6. The van der Waals surface area contributed by atoms with Crippen LogP contribution in [0.15, 0.2) is 24.3 Å². The summed E-state index contributed by atoms with van der Waals surface area (Å²) in [5, 5.41) is 6.12. The molecular formula is C20H27N3O2S. The highest BCUT2D eigenvalue weighted by Gasteiger charge is 2.23. The fraction of sp³-hybridized carbons (Fsp3) is 0.550. The molecule has 2 amide bonds. The second-order valence-corrected chi connectivity index (χ2v) is 7.59. The molecule has 0 spiro atoms. The summed E-state index contributed by atoms with van der Waals surface area (Å²) in [6, 6.07) is 7.36. The third-order valence-corrected chi connectivity index (χ3v) is 5.47. The normalized spacial score (nSPS) is 18.2. The Labute approximate surface area is 160 Å². The molecule has 0 bridgehead atoms. The Hall–Kier alpha value is -1.95. The van der Waals surface area contributed by atoms with Gasteiger partial charge in [-0.1, -0.05) is 31.4 Å². The van der Waals surface area contributed by atoms with E-state index in [-0.39, 0.29) is 22.8 Å². The maximum atomic E-state index is 12.8. The van der Waals surface area contributed by atoms with Crippen molar-refractivity contribution >= 4 is 34.8 Å². The van der Waals surface area contributed by atoms with E-state index in [1.807, 2.05) is 29.2 Å². The molecule has 5 nitrogen and oxygen atoms in total. The fourth-order valence-corrected chi connectivity index (χ4v) is 3.99. The fourth-order valence-electron chi connectivity index (χ4n) is 3.78. The van der Waals surface area contributed by atoms with Crippen LogP contribution in [0.4, 0.5) is 5.69 Å². The number of carbonyl (C=O) groups is 2. The Morgan fingerprint density at radius 2 is 1.62 bits per heavy atom. The zero-order chi connectivity index (χ0) is 18.4. The molecular weight excluding hydrogens is 346 g/mol. The molecule has 0 aromatic heterocycles. The number of thiocarbonyl (C=S) groups is 1. The first-order valence-corrected chi connectivity index (χ1v) is 10.1. The summed E-state index contributed by atoms with van der Waals surface area (Å²) in [6.45, 7) is 1.60. The van der Waals surface area contributed by atoms with E-state index < -0.39 is 0 Å². The van der Waals surface area contributed by atoms with Crippen molar-refractivity contribution in [2.75, 3.05) is 18.4 Å². The monoisotopic (exact) mass is 373 g/mol. The minimum absolute atomic E-state index is 0.0120. The van der Waals surface area contributed by atoms with E-state index in [0.717, 1.165) is 51.6 Å². The van der Waals surface area contributed by atoms with Gasteiger partial charge in [-0.25, -0.2) is 0 Å². The summed E-state index contributed by atoms with van der Waals surface area (Å²) < 4.78 is 0. The van der Waals surface area contributed by atoms with Gasteiger partial charge in [-0.05, 0) is 56.5 Å². The topological polar surface area (TPSA) is 61.4 Å². The average molecular weight is 374 g/mol. The molecule has 1 aliphatic heterocycles. The number of carbonyl (C=O) groups excluding carboxylic acids is 2. The molecule has 2 N–H and O–H groups in total. The van der Waals surface area contributed by atoms with Crippen LogP contribution in [0.2, 0.25) is 0 Å². The van der Waals surface area contributed by atoms with Gasteiger partial charge < -0.3 is 15.5 Å². The van der Waals surface area contributed by atoms with Crippen molar-refractivity contribution in [3.63, 3.8) is 0 Å². The van der Waals surface area contributed by atoms with E-state index >= 15 is 0 Å². The maximum Gasteiger partial charge on any atom is 0.255 e. The zero-order valence-electron chi connectivity index (χ0n) is 15.1. The quantitative estimate of drug-likeness (QED) is 0.793. The number of benzene rings is 1. The highest BCUT2D eigenvalue weighted by molar-refractivity contribution is 7.80. The Morgan fingerprint density at radius 1 is 0.962 bits per heavy atom. The molecule has 0 radical (unpaired) electrons. The number of para-hydroxylation sites is 1. The van der Waals surface area contributed by atoms with Gasteiger partial charge in [0.2, 0.25) is 5.91 Å². The van der Waals surface area contributed by atoms with Crippen LogP contribution >= 0.6 is 12.2 Å². The van der Waals surface area contributed by atoms with Gasteiger partial charge in [-0.15, -0.1) is 0 Å². The van der Waals surface area contributed by atoms with Gasteiger partial charge in [0, 0.05) is 19.0 Å². The highest BCUT2D eigenvalue weighted by Crippen LogP contribution is 2.24. The Balaban J connectivity index is 1.62. The molecule has 1 aromatic carbocycles. The second-order valence-electron chi connectivity index (χ2n) is 7.18. The van der Waals surface area contributed by atoms with Gasteiger partial charge >= 0.3 is 0 Å². The van der Waals surface area contributed by atoms with Gasteiger partial charge in [-0.2, -0.15) is 0 Å². The lowest BCUT2D eigenvalue weighted by molar-refractivity contribution is -0.124. The lowest BCUT2D eigenvalue weighted by Gasteiger charge is -2.27. The molecule has 0 unspecified atom stereocenters. The third-order valence-electron chi connectivity index (χ3n) is 5.26. The Bertz CT molecular complexity index is 665. The minimum atomic E-state index is -0.0120. The first-order valence-electron chi connectivity index (χ1n) is 9.65. The minimum Gasteiger partial charge on any atom is -0.339 e. The largest absolute Gasteiger partial charge is 0.339 e. The number of nitrogens with zero attached hydrogens (tertiary/aromatic N) is 1. The highest BCUT2D eigenvalue weighted by atomic mass is 32.1. The standard InChI is InChI=1S/C20H27N3O2S/c24-18(15-9-3-1-4-10-15)22-20(26)21-17-12-6-5-11-16(17)19(25)23-13-7-2-8-14-23/h5-6,11-12,15H,1-4,7-10,13-14H2,(H2,21,22,24,26). The number of anilines is 1. The van der Waals surface area contributed by atoms with E-state index in [0.29, 0.717) is 11.3 Å². The van der Waals surface area contributed by atoms with E-state index in [2.05, 4.69) is 10.6 Å². The van der Waals surface area contributed by atoms with Crippen LogP contribution in [-0.4, -0.2) is 34.9 Å². The molecule has 26 heavy (non-hydrogen) atoms. The smallest absolute Gasteiger partial charge is 0.255 e. The van der Waals surface area contributed by atoms with E-state index in [4.69, 9.17) is 12.2 Å². The van der Waals surface area contributed by atoms with Crippen molar-refractivity contribution in [3.05, 3.63) is 29.8 Å². The number of rotatable bonds is 3. The predicted octanol–water partition coefficient (Wildman–Crippen LogP) is 3.71. The number of hydrogen-bond donors (Lipinski definition) is 2. The van der Waals surface area contributed by atoms with Crippen LogP contribution in [0.1, 0.15) is 61.7 Å². The number of amides is 2. The first kappa shape index (κ1) is 18.8. The predicted molar refractivity (Wildman–Crippen MR) is 107 cm³/mol. The van der Waals surface area contributed by atoms with Gasteiger partial charge in [0.15, 0.2) is 5.11 Å². The van der Waals surface area contributed by atoms with E-state index in [1.54, 1.807) is 0 Å². The van der Waals surface area contributed by atoms with Crippen molar-refractivity contribution in [3.8, 4) is 0 Å². The molecule has 1 aromatic rings. The summed E-state index contributed by atoms with van der Waals surface area (Å²) in [4.78, 5) is 27.1. The Morgan fingerprint density at radius 3 is 2.35 bits per heavy atom. The van der Waals surface area contributed by atoms with Crippen LogP contribution in [-0.2, 0) is 4.79 Å². The average Bonchev–Trinajstić information content (AvgIpc) is 2.69. The van der Waals surface area contributed by atoms with Gasteiger partial charge in [0.1, 0.15) is 0 Å². The summed E-state index contributed by atoms with van der Waals surface area (Å²) >= 11 is 5.32. The SMILES string of the molecule is O=C(NC(=S)Nc1ccccc1C(=O)N1CCCCC1)C1CCCCC1. The molecule has 1 aliphatic carbocycles. The van der Waals surface area contributed by atoms with Crippen molar-refractivity contribution in [2.24, 2.45) is 5.92 Å². The molecule has 1 heterocycles. The number of nitrogens with one attached hydrogen (secondary N) is 2. The molecule has 3 rings (SSSR count). The molecule has 2 fully saturated rings. The van der Waals surface area contributed by atoms with E-state index in [9.17, 15) is 9.59 Å². The number of likely N-dealkylation sites (tertiary alicyclic amines) is 1. The van der Waals surface area contributed by atoms with Crippen molar-refractivity contribution < 1.29 is 9.59 Å². The lowest BCUT2D eigenvalue weighted by Crippen LogP contribution is -2.40. The Kier molecular flexibility index (Phi) is 6.61. The zero-order valence-corrected chi connectivity index (χ0v) is 15.9. The third kappa shape index (κ3) is 4.81. The summed E-state index contributed by atoms with van der Waals surface area (Å²) in [5.74, 6) is 0.0602. The van der Waals surface area contributed by atoms with E-state index in [1.165, 1.54) is 12.8 Å². The molecule has 1 saturated carbocycles. The molecule has 2 aliphatic rings. The molecule has 0 atom stereocenters.